The molecule has 0 spiro atoms. The molecule has 7 heteroatoms. The van der Waals surface area contributed by atoms with Crippen LogP contribution in [0.2, 0.25) is 5.02 Å². The second-order valence-electron chi connectivity index (χ2n) is 7.56. The molecule has 1 aliphatic carbocycles. The minimum atomic E-state index is -0.609. The second kappa shape index (κ2) is 10.8. The molecule has 0 aromatic heterocycles. The Balaban J connectivity index is 1.69. The topological polar surface area (TPSA) is 58.6 Å². The quantitative estimate of drug-likeness (QED) is 0.566. The van der Waals surface area contributed by atoms with E-state index in [2.05, 4.69) is 21.2 Å². The van der Waals surface area contributed by atoms with Gasteiger partial charge in [0.2, 0.25) is 5.91 Å². The average molecular weight is 494 g/mol. The zero-order valence-electron chi connectivity index (χ0n) is 16.9. The smallest absolute Gasteiger partial charge is 0.261 e. The number of rotatable bonds is 8. The normalized spacial score (nSPS) is 14.9. The molecule has 3 rings (SSSR count). The lowest BCUT2D eigenvalue weighted by atomic mass is 10.1. The van der Waals surface area contributed by atoms with Crippen LogP contribution in [0.4, 0.5) is 0 Å². The molecule has 1 fully saturated rings. The summed E-state index contributed by atoms with van der Waals surface area (Å²) in [5.41, 5.74) is 0.900. The van der Waals surface area contributed by atoms with E-state index in [-0.39, 0.29) is 24.5 Å². The first-order valence-electron chi connectivity index (χ1n) is 10.1. The molecule has 0 aliphatic heterocycles. The number of carbonyl (C=O) groups is 2. The Morgan fingerprint density at radius 2 is 1.77 bits per heavy atom. The Kier molecular flexibility index (Phi) is 8.16. The predicted octanol–water partition coefficient (Wildman–Crippen LogP) is 4.96. The van der Waals surface area contributed by atoms with Gasteiger partial charge in [0.15, 0.2) is 6.61 Å². The molecule has 1 atom stereocenters. The van der Waals surface area contributed by atoms with Crippen LogP contribution in [-0.2, 0) is 16.1 Å². The van der Waals surface area contributed by atoms with E-state index in [9.17, 15) is 9.59 Å². The van der Waals surface area contributed by atoms with Gasteiger partial charge in [-0.05, 0) is 61.7 Å². The Labute approximate surface area is 190 Å². The number of halogens is 2. The number of ether oxygens (including phenoxy) is 1. The van der Waals surface area contributed by atoms with Crippen LogP contribution < -0.4 is 10.1 Å². The minimum Gasteiger partial charge on any atom is -0.484 e. The Bertz CT molecular complexity index is 852. The van der Waals surface area contributed by atoms with E-state index in [1.807, 2.05) is 24.3 Å². The van der Waals surface area contributed by atoms with Crippen molar-refractivity contribution in [1.82, 2.24) is 10.2 Å². The van der Waals surface area contributed by atoms with E-state index >= 15 is 0 Å². The summed E-state index contributed by atoms with van der Waals surface area (Å²) in [4.78, 5) is 27.4. The number of nitrogens with one attached hydrogen (secondary N) is 1. The molecule has 5 nitrogen and oxygen atoms in total. The van der Waals surface area contributed by atoms with Crippen molar-refractivity contribution in [3.63, 3.8) is 0 Å². The highest BCUT2D eigenvalue weighted by Gasteiger charge is 2.28. The number of carbonyl (C=O) groups excluding carboxylic acids is 2. The van der Waals surface area contributed by atoms with E-state index in [0.717, 1.165) is 35.7 Å². The Hall–Kier alpha value is -2.05. The zero-order valence-corrected chi connectivity index (χ0v) is 19.3. The number of hydrogen-bond acceptors (Lipinski definition) is 3. The number of amides is 2. The van der Waals surface area contributed by atoms with E-state index in [1.54, 1.807) is 36.1 Å². The molecule has 0 bridgehead atoms. The fourth-order valence-electron chi connectivity index (χ4n) is 3.52. The Morgan fingerprint density at radius 1 is 1.13 bits per heavy atom. The second-order valence-corrected chi connectivity index (χ2v) is 8.91. The van der Waals surface area contributed by atoms with Crippen molar-refractivity contribution in [2.24, 2.45) is 0 Å². The molecule has 2 amide bonds. The summed E-state index contributed by atoms with van der Waals surface area (Å²) in [6.45, 7) is 1.92. The lowest BCUT2D eigenvalue weighted by molar-refractivity contribution is -0.142. The van der Waals surface area contributed by atoms with Crippen molar-refractivity contribution >= 4 is 39.3 Å². The number of nitrogens with zero attached hydrogens (tertiary/aromatic N) is 1. The van der Waals surface area contributed by atoms with Crippen LogP contribution >= 0.6 is 27.5 Å². The summed E-state index contributed by atoms with van der Waals surface area (Å²) in [5, 5.41) is 3.72. The van der Waals surface area contributed by atoms with Crippen LogP contribution in [0.25, 0.3) is 0 Å². The molecule has 0 saturated heterocycles. The predicted molar refractivity (Wildman–Crippen MR) is 121 cm³/mol. The summed E-state index contributed by atoms with van der Waals surface area (Å²) < 4.78 is 6.59. The maximum atomic E-state index is 13.0. The third-order valence-corrected chi connectivity index (χ3v) is 6.09. The maximum absolute atomic E-state index is 13.0. The van der Waals surface area contributed by atoms with Gasteiger partial charge in [-0.1, -0.05) is 52.5 Å². The first-order chi connectivity index (χ1) is 14.4. The van der Waals surface area contributed by atoms with Gasteiger partial charge >= 0.3 is 0 Å². The van der Waals surface area contributed by atoms with Crippen molar-refractivity contribution < 1.29 is 14.3 Å². The highest BCUT2D eigenvalue weighted by Crippen LogP contribution is 2.20. The van der Waals surface area contributed by atoms with Crippen LogP contribution in [0.1, 0.15) is 38.2 Å². The number of hydrogen-bond donors (Lipinski definition) is 1. The van der Waals surface area contributed by atoms with Gasteiger partial charge in [-0.3, -0.25) is 9.59 Å². The standard InChI is InChI=1S/C23H26BrClN2O3/c1-16(23(29)26-20-4-2-3-5-20)27(14-17-6-10-19(25)11-7-17)22(28)15-30-21-12-8-18(24)9-13-21/h6-13,16,20H,2-5,14-15H2,1H3,(H,26,29). The van der Waals surface area contributed by atoms with Gasteiger partial charge in [0.1, 0.15) is 11.8 Å². The molecular formula is C23H26BrClN2O3. The molecule has 0 heterocycles. The molecule has 1 aliphatic rings. The van der Waals surface area contributed by atoms with E-state index in [0.29, 0.717) is 17.3 Å². The third-order valence-electron chi connectivity index (χ3n) is 5.31. The lowest BCUT2D eigenvalue weighted by Crippen LogP contribution is -2.50. The van der Waals surface area contributed by atoms with Gasteiger partial charge in [0.05, 0.1) is 0 Å². The highest BCUT2D eigenvalue weighted by atomic mass is 79.9. The van der Waals surface area contributed by atoms with Crippen molar-refractivity contribution in [1.29, 1.82) is 0 Å². The lowest BCUT2D eigenvalue weighted by Gasteiger charge is -2.29. The fraction of sp³-hybridized carbons (Fsp3) is 0.391. The maximum Gasteiger partial charge on any atom is 0.261 e. The summed E-state index contributed by atoms with van der Waals surface area (Å²) in [5.74, 6) is 0.218. The SMILES string of the molecule is CC(C(=O)NC1CCCC1)N(Cc1ccc(Cl)cc1)C(=O)COc1ccc(Br)cc1. The first-order valence-corrected chi connectivity index (χ1v) is 11.3. The molecule has 1 unspecified atom stereocenters. The van der Waals surface area contributed by atoms with Crippen LogP contribution in [0.15, 0.2) is 53.0 Å². The van der Waals surface area contributed by atoms with Gasteiger partial charge < -0.3 is 15.0 Å². The van der Waals surface area contributed by atoms with Gasteiger partial charge in [0, 0.05) is 22.1 Å². The molecule has 0 radical (unpaired) electrons. The summed E-state index contributed by atoms with van der Waals surface area (Å²) in [6, 6.07) is 14.1. The van der Waals surface area contributed by atoms with Crippen LogP contribution in [0, 0.1) is 0 Å². The van der Waals surface area contributed by atoms with E-state index in [1.165, 1.54) is 0 Å². The zero-order chi connectivity index (χ0) is 21.5. The molecule has 30 heavy (non-hydrogen) atoms. The van der Waals surface area contributed by atoms with Crippen LogP contribution in [0.5, 0.6) is 5.75 Å². The minimum absolute atomic E-state index is 0.132. The third kappa shape index (κ3) is 6.47. The molecule has 160 valence electrons. The highest BCUT2D eigenvalue weighted by molar-refractivity contribution is 9.10. The largest absolute Gasteiger partial charge is 0.484 e. The Morgan fingerprint density at radius 3 is 2.40 bits per heavy atom. The summed E-state index contributed by atoms with van der Waals surface area (Å²) >= 11 is 9.36. The molecule has 1 N–H and O–H groups in total. The van der Waals surface area contributed by atoms with Crippen molar-refractivity contribution in [3.05, 3.63) is 63.6 Å². The average Bonchev–Trinajstić information content (AvgIpc) is 3.25. The van der Waals surface area contributed by atoms with Crippen molar-refractivity contribution in [2.75, 3.05) is 6.61 Å². The van der Waals surface area contributed by atoms with Gasteiger partial charge in [0.25, 0.3) is 5.91 Å². The van der Waals surface area contributed by atoms with Crippen molar-refractivity contribution in [3.8, 4) is 5.75 Å². The molecule has 2 aromatic carbocycles. The van der Waals surface area contributed by atoms with Gasteiger partial charge in [-0.2, -0.15) is 0 Å². The molecule has 2 aromatic rings. The van der Waals surface area contributed by atoms with E-state index in [4.69, 9.17) is 16.3 Å². The molecular weight excluding hydrogens is 468 g/mol. The monoisotopic (exact) mass is 492 g/mol. The van der Waals surface area contributed by atoms with Crippen LogP contribution in [0.3, 0.4) is 0 Å². The fourth-order valence-corrected chi connectivity index (χ4v) is 3.91. The van der Waals surface area contributed by atoms with Gasteiger partial charge in [-0.25, -0.2) is 0 Å². The van der Waals surface area contributed by atoms with Crippen molar-refractivity contribution in [2.45, 2.75) is 51.2 Å². The summed E-state index contributed by atoms with van der Waals surface area (Å²) in [7, 11) is 0. The van der Waals surface area contributed by atoms with Gasteiger partial charge in [-0.15, -0.1) is 0 Å². The first kappa shape index (κ1) is 22.6. The van der Waals surface area contributed by atoms with Crippen LogP contribution in [-0.4, -0.2) is 35.4 Å². The summed E-state index contributed by atoms with van der Waals surface area (Å²) in [6.07, 6.45) is 4.26. The number of benzene rings is 2. The van der Waals surface area contributed by atoms with E-state index < -0.39 is 6.04 Å². The molecule has 1 saturated carbocycles.